The second-order valence-corrected chi connectivity index (χ2v) is 7.65. The summed E-state index contributed by atoms with van der Waals surface area (Å²) in [6.45, 7) is 17.5. The molecule has 0 spiro atoms. The first kappa shape index (κ1) is 20.6. The molecule has 0 bridgehead atoms. The number of carbonyl (C=O) groups is 1. The number of Topliss-reactive ketones (excluding diaryl/α,β-unsaturated/α-hetero) is 1. The van der Waals surface area contributed by atoms with Gasteiger partial charge in [0.1, 0.15) is 0 Å². The summed E-state index contributed by atoms with van der Waals surface area (Å²) in [7, 11) is 0. The second kappa shape index (κ2) is 8.28. The summed E-state index contributed by atoms with van der Waals surface area (Å²) in [6, 6.07) is -0.372. The lowest BCUT2D eigenvalue weighted by molar-refractivity contribution is -0.132. The molecular weight excluding hydrogens is 262 g/mol. The summed E-state index contributed by atoms with van der Waals surface area (Å²) in [4.78, 5) is 12.6. The molecular formula is C18H37NO2. The van der Waals surface area contributed by atoms with E-state index in [2.05, 4.69) is 48.5 Å². The summed E-state index contributed by atoms with van der Waals surface area (Å²) in [5.74, 6) is 0.984. The van der Waals surface area contributed by atoms with E-state index in [1.54, 1.807) is 0 Å². The first-order valence-electron chi connectivity index (χ1n) is 8.42. The van der Waals surface area contributed by atoms with Crippen LogP contribution in [0.3, 0.4) is 0 Å². The van der Waals surface area contributed by atoms with E-state index in [9.17, 15) is 4.79 Å². The van der Waals surface area contributed by atoms with Crippen LogP contribution >= 0.6 is 0 Å². The Morgan fingerprint density at radius 1 is 1.10 bits per heavy atom. The van der Waals surface area contributed by atoms with E-state index in [1.807, 2.05) is 6.92 Å². The largest absolute Gasteiger partial charge is 0.375 e. The first-order valence-corrected chi connectivity index (χ1v) is 8.42. The lowest BCUT2D eigenvalue weighted by Gasteiger charge is -2.33. The molecule has 0 aromatic heterocycles. The molecule has 0 saturated heterocycles. The highest BCUT2D eigenvalue weighted by atomic mass is 16.5. The lowest BCUT2D eigenvalue weighted by atomic mass is 9.71. The predicted molar refractivity (Wildman–Crippen MR) is 90.3 cm³/mol. The zero-order chi connectivity index (χ0) is 16.8. The Hall–Kier alpha value is -0.410. The average Bonchev–Trinajstić information content (AvgIpc) is 2.41. The van der Waals surface area contributed by atoms with E-state index in [4.69, 9.17) is 10.5 Å². The molecule has 0 aliphatic rings. The fourth-order valence-corrected chi connectivity index (χ4v) is 2.23. The van der Waals surface area contributed by atoms with Crippen LogP contribution in [-0.4, -0.2) is 24.0 Å². The van der Waals surface area contributed by atoms with Crippen molar-refractivity contribution in [3.8, 4) is 0 Å². The molecule has 2 atom stereocenters. The number of hydrogen-bond acceptors (Lipinski definition) is 3. The number of hydrogen-bond donors (Lipinski definition) is 1. The maximum absolute atomic E-state index is 12.6. The minimum Gasteiger partial charge on any atom is -0.375 e. The molecule has 0 aliphatic heterocycles. The van der Waals surface area contributed by atoms with Gasteiger partial charge in [-0.25, -0.2) is 0 Å². The zero-order valence-electron chi connectivity index (χ0n) is 15.5. The van der Waals surface area contributed by atoms with Gasteiger partial charge in [0, 0.05) is 12.0 Å². The number of rotatable bonds is 10. The molecule has 2 unspecified atom stereocenters. The van der Waals surface area contributed by atoms with Gasteiger partial charge in [-0.05, 0) is 44.9 Å². The van der Waals surface area contributed by atoms with Crippen molar-refractivity contribution in [2.75, 3.05) is 6.61 Å². The van der Waals surface area contributed by atoms with Gasteiger partial charge in [-0.1, -0.05) is 41.5 Å². The zero-order valence-corrected chi connectivity index (χ0v) is 15.5. The van der Waals surface area contributed by atoms with Gasteiger partial charge in [0.25, 0.3) is 0 Å². The van der Waals surface area contributed by atoms with Crippen LogP contribution in [0, 0.1) is 17.3 Å². The molecule has 0 rings (SSSR count). The molecule has 3 heteroatoms. The SMILES string of the molecule is CCC(C)(C(=O)C(N)CCCOC(C)(C)C(C)C)C(C)C. The van der Waals surface area contributed by atoms with Crippen molar-refractivity contribution in [3.05, 3.63) is 0 Å². The van der Waals surface area contributed by atoms with Crippen LogP contribution in [0.2, 0.25) is 0 Å². The molecule has 0 radical (unpaired) electrons. The van der Waals surface area contributed by atoms with Crippen LogP contribution < -0.4 is 5.73 Å². The molecule has 0 heterocycles. The molecule has 2 N–H and O–H groups in total. The van der Waals surface area contributed by atoms with E-state index in [1.165, 1.54) is 0 Å². The van der Waals surface area contributed by atoms with Crippen molar-refractivity contribution in [3.63, 3.8) is 0 Å². The Bertz CT molecular complexity index is 323. The minimum absolute atomic E-state index is 0.121. The third-order valence-corrected chi connectivity index (χ3v) is 5.43. The third-order valence-electron chi connectivity index (χ3n) is 5.43. The summed E-state index contributed by atoms with van der Waals surface area (Å²) in [5, 5.41) is 0. The summed E-state index contributed by atoms with van der Waals surface area (Å²) < 4.78 is 5.91. The summed E-state index contributed by atoms with van der Waals surface area (Å²) in [5.41, 5.74) is 5.69. The maximum atomic E-state index is 12.6. The summed E-state index contributed by atoms with van der Waals surface area (Å²) in [6.07, 6.45) is 2.38. The molecule has 0 saturated carbocycles. The van der Waals surface area contributed by atoms with Gasteiger partial charge in [0.2, 0.25) is 0 Å². The standard InChI is InChI=1S/C18H37NO2/c1-9-18(8,14(4)5)16(20)15(19)11-10-12-21-17(6,7)13(2)3/h13-15H,9-12,19H2,1-8H3. The van der Waals surface area contributed by atoms with E-state index in [-0.39, 0.29) is 22.8 Å². The Morgan fingerprint density at radius 2 is 1.62 bits per heavy atom. The third kappa shape index (κ3) is 5.71. The monoisotopic (exact) mass is 299 g/mol. The molecule has 126 valence electrons. The Kier molecular flexibility index (Phi) is 8.12. The van der Waals surface area contributed by atoms with Crippen molar-refractivity contribution in [1.82, 2.24) is 0 Å². The van der Waals surface area contributed by atoms with Crippen LogP contribution in [0.4, 0.5) is 0 Å². The predicted octanol–water partition coefficient (Wildman–Crippen LogP) is 4.19. The Morgan fingerprint density at radius 3 is 2.00 bits per heavy atom. The van der Waals surface area contributed by atoms with Gasteiger partial charge < -0.3 is 10.5 Å². The van der Waals surface area contributed by atoms with Crippen molar-refractivity contribution in [1.29, 1.82) is 0 Å². The van der Waals surface area contributed by atoms with E-state index >= 15 is 0 Å². The van der Waals surface area contributed by atoms with Gasteiger partial charge in [-0.3, -0.25) is 4.79 Å². The Balaban J connectivity index is 4.33. The minimum atomic E-state index is -0.372. The van der Waals surface area contributed by atoms with E-state index < -0.39 is 0 Å². The second-order valence-electron chi connectivity index (χ2n) is 7.65. The van der Waals surface area contributed by atoms with Crippen molar-refractivity contribution >= 4 is 5.78 Å². The van der Waals surface area contributed by atoms with Gasteiger partial charge in [-0.2, -0.15) is 0 Å². The van der Waals surface area contributed by atoms with Gasteiger partial charge in [0.05, 0.1) is 11.6 Å². The molecule has 3 nitrogen and oxygen atoms in total. The fourth-order valence-electron chi connectivity index (χ4n) is 2.23. The smallest absolute Gasteiger partial charge is 0.155 e. The topological polar surface area (TPSA) is 52.3 Å². The summed E-state index contributed by atoms with van der Waals surface area (Å²) >= 11 is 0. The molecule has 0 amide bonds. The van der Waals surface area contributed by atoms with Crippen LogP contribution in [0.15, 0.2) is 0 Å². The van der Waals surface area contributed by atoms with Gasteiger partial charge in [-0.15, -0.1) is 0 Å². The normalized spacial score (nSPS) is 17.1. The molecule has 0 aromatic carbocycles. The number of ketones is 1. The number of carbonyl (C=O) groups excluding carboxylic acids is 1. The molecule has 0 fully saturated rings. The van der Waals surface area contributed by atoms with Crippen LogP contribution in [0.25, 0.3) is 0 Å². The molecule has 0 aliphatic carbocycles. The van der Waals surface area contributed by atoms with E-state index in [0.29, 0.717) is 24.9 Å². The maximum Gasteiger partial charge on any atom is 0.155 e. The molecule has 21 heavy (non-hydrogen) atoms. The van der Waals surface area contributed by atoms with Crippen LogP contribution in [0.5, 0.6) is 0 Å². The first-order chi connectivity index (χ1) is 9.49. The number of nitrogens with two attached hydrogens (primary N) is 1. The van der Waals surface area contributed by atoms with Crippen LogP contribution in [0.1, 0.15) is 74.7 Å². The Labute approximate surface area is 132 Å². The number of ether oxygens (including phenoxy) is 1. The quantitative estimate of drug-likeness (QED) is 0.615. The van der Waals surface area contributed by atoms with Crippen molar-refractivity contribution < 1.29 is 9.53 Å². The van der Waals surface area contributed by atoms with Crippen molar-refractivity contribution in [2.45, 2.75) is 86.3 Å². The fraction of sp³-hybridized carbons (Fsp3) is 0.944. The van der Waals surface area contributed by atoms with Crippen LogP contribution in [-0.2, 0) is 9.53 Å². The van der Waals surface area contributed by atoms with E-state index in [0.717, 1.165) is 12.8 Å². The highest BCUT2D eigenvalue weighted by molar-refractivity contribution is 5.89. The van der Waals surface area contributed by atoms with Gasteiger partial charge >= 0.3 is 0 Å². The average molecular weight is 299 g/mol. The highest BCUT2D eigenvalue weighted by Gasteiger charge is 2.37. The molecule has 0 aromatic rings. The van der Waals surface area contributed by atoms with Crippen molar-refractivity contribution in [2.24, 2.45) is 23.0 Å². The highest BCUT2D eigenvalue weighted by Crippen LogP contribution is 2.33. The van der Waals surface area contributed by atoms with Gasteiger partial charge in [0.15, 0.2) is 5.78 Å². The lowest BCUT2D eigenvalue weighted by Crippen LogP contribution is -2.44.